The third-order valence-electron chi connectivity index (χ3n) is 9.70. The Hall–Kier alpha value is -6.72. The van der Waals surface area contributed by atoms with Gasteiger partial charge in [-0.15, -0.1) is 0 Å². The molecule has 2 aromatic heterocycles. The normalized spacial score (nSPS) is 14.6. The van der Waals surface area contributed by atoms with Crippen molar-refractivity contribution in [2.24, 2.45) is 9.98 Å². The summed E-state index contributed by atoms with van der Waals surface area (Å²) in [5, 5.41) is 8.05. The number of furan rings is 1. The van der Waals surface area contributed by atoms with Gasteiger partial charge >= 0.3 is 0 Å². The number of hydrogen-bond acceptors (Lipinski definition) is 4. The fourth-order valence-corrected chi connectivity index (χ4v) is 7.37. The van der Waals surface area contributed by atoms with Crippen LogP contribution in [0.2, 0.25) is 0 Å². The standard InChI is InChI=1S/C45H30N4O/c1-3-13-29(14-4-1)30-25-27-31(28-26-30)33-19-11-20-36-41-37(21-12-24-40(41)50-42(33)36)44-46-43(32-15-5-2-6-16-32)47-45(48-44)49-38-22-9-7-17-34(38)35-18-8-10-23-39(35)49/h1-28,44H,(H,46,47,48). The molecular weight excluding hydrogens is 613 g/mol. The summed E-state index contributed by atoms with van der Waals surface area (Å²) < 4.78 is 8.91. The van der Waals surface area contributed by atoms with E-state index in [2.05, 4.69) is 143 Å². The lowest BCUT2D eigenvalue weighted by Crippen LogP contribution is -2.39. The van der Waals surface area contributed by atoms with Crippen molar-refractivity contribution in [2.75, 3.05) is 0 Å². The highest BCUT2D eigenvalue weighted by Crippen LogP contribution is 2.41. The number of amidine groups is 1. The molecule has 1 aliphatic heterocycles. The molecule has 3 heterocycles. The molecule has 9 aromatic rings. The molecule has 1 unspecified atom stereocenters. The van der Waals surface area contributed by atoms with Crippen molar-refractivity contribution in [3.63, 3.8) is 0 Å². The van der Waals surface area contributed by atoms with Crippen LogP contribution in [-0.4, -0.2) is 16.4 Å². The fraction of sp³-hybridized carbons (Fsp3) is 0.0222. The first kappa shape index (κ1) is 28.3. The summed E-state index contributed by atoms with van der Waals surface area (Å²) in [5.41, 5.74) is 10.4. The summed E-state index contributed by atoms with van der Waals surface area (Å²) >= 11 is 0. The van der Waals surface area contributed by atoms with Crippen molar-refractivity contribution in [3.05, 3.63) is 181 Å². The molecular formula is C45H30N4O. The number of hydrogen-bond donors (Lipinski definition) is 1. The van der Waals surface area contributed by atoms with E-state index < -0.39 is 6.17 Å². The molecule has 5 nitrogen and oxygen atoms in total. The molecule has 0 spiro atoms. The van der Waals surface area contributed by atoms with Gasteiger partial charge in [-0.2, -0.15) is 0 Å². The predicted octanol–water partition coefficient (Wildman–Crippen LogP) is 11.0. The van der Waals surface area contributed by atoms with Gasteiger partial charge in [-0.05, 0) is 34.9 Å². The molecule has 0 amide bonds. The van der Waals surface area contributed by atoms with Crippen molar-refractivity contribution < 1.29 is 4.42 Å². The molecule has 5 heteroatoms. The quantitative estimate of drug-likeness (QED) is 0.208. The Morgan fingerprint density at radius 2 is 1.06 bits per heavy atom. The minimum atomic E-state index is -0.514. The second-order valence-corrected chi connectivity index (χ2v) is 12.6. The van der Waals surface area contributed by atoms with Crippen LogP contribution in [0.1, 0.15) is 17.3 Å². The van der Waals surface area contributed by atoms with Crippen LogP contribution in [0.25, 0.3) is 66.0 Å². The van der Waals surface area contributed by atoms with Gasteiger partial charge in [-0.3, -0.25) is 4.57 Å². The molecule has 7 aromatic carbocycles. The zero-order valence-electron chi connectivity index (χ0n) is 27.0. The molecule has 50 heavy (non-hydrogen) atoms. The van der Waals surface area contributed by atoms with Crippen LogP contribution in [0.15, 0.2) is 184 Å². The first-order chi connectivity index (χ1) is 24.8. The van der Waals surface area contributed by atoms with Crippen LogP contribution in [0.4, 0.5) is 0 Å². The summed E-state index contributed by atoms with van der Waals surface area (Å²) in [4.78, 5) is 10.6. The second kappa shape index (κ2) is 11.5. The average Bonchev–Trinajstić information content (AvgIpc) is 3.75. The molecule has 0 saturated carbocycles. The molecule has 0 bridgehead atoms. The van der Waals surface area contributed by atoms with E-state index in [1.54, 1.807) is 0 Å². The lowest BCUT2D eigenvalue weighted by molar-refractivity contribution is 0.668. The van der Waals surface area contributed by atoms with E-state index in [1.807, 2.05) is 36.4 Å². The summed E-state index contributed by atoms with van der Waals surface area (Å²) in [7, 11) is 0. The van der Waals surface area contributed by atoms with Crippen molar-refractivity contribution in [1.29, 1.82) is 0 Å². The van der Waals surface area contributed by atoms with Gasteiger partial charge in [-0.25, -0.2) is 9.98 Å². The molecule has 0 saturated heterocycles. The van der Waals surface area contributed by atoms with Gasteiger partial charge in [0.1, 0.15) is 17.0 Å². The van der Waals surface area contributed by atoms with E-state index >= 15 is 0 Å². The van der Waals surface area contributed by atoms with Crippen molar-refractivity contribution >= 4 is 55.5 Å². The maximum Gasteiger partial charge on any atom is 0.211 e. The monoisotopic (exact) mass is 642 g/mol. The molecule has 10 rings (SSSR count). The topological polar surface area (TPSA) is 54.8 Å². The van der Waals surface area contributed by atoms with Gasteiger partial charge in [0.05, 0.1) is 11.0 Å². The highest BCUT2D eigenvalue weighted by atomic mass is 16.3. The fourth-order valence-electron chi connectivity index (χ4n) is 7.37. The van der Waals surface area contributed by atoms with Crippen LogP contribution in [-0.2, 0) is 0 Å². The number of benzene rings is 7. The molecule has 1 N–H and O–H groups in total. The zero-order chi connectivity index (χ0) is 33.0. The number of rotatable bonds is 4. The Bertz CT molecular complexity index is 2720. The van der Waals surface area contributed by atoms with E-state index in [0.717, 1.165) is 67.0 Å². The number of fused-ring (bicyclic) bond motifs is 6. The van der Waals surface area contributed by atoms with Crippen LogP contribution in [0, 0.1) is 0 Å². The number of nitrogens with zero attached hydrogens (tertiary/aromatic N) is 3. The number of para-hydroxylation sites is 3. The van der Waals surface area contributed by atoms with Crippen LogP contribution in [0.5, 0.6) is 0 Å². The maximum atomic E-state index is 6.69. The largest absolute Gasteiger partial charge is 0.455 e. The minimum absolute atomic E-state index is 0.514. The van der Waals surface area contributed by atoms with Gasteiger partial charge in [-0.1, -0.05) is 152 Å². The number of aromatic nitrogens is 1. The van der Waals surface area contributed by atoms with Crippen LogP contribution in [0.3, 0.4) is 0 Å². The number of aliphatic imine (C=N–C) groups is 2. The summed E-state index contributed by atoms with van der Waals surface area (Å²) in [6, 6.07) is 59.0. The molecule has 236 valence electrons. The van der Waals surface area contributed by atoms with Crippen LogP contribution >= 0.6 is 0 Å². The third kappa shape index (κ3) is 4.55. The van der Waals surface area contributed by atoms with Crippen molar-refractivity contribution in [1.82, 2.24) is 9.88 Å². The SMILES string of the molecule is c1ccc(C2=NC(c3cccc4oc5c(-c6ccc(-c7ccccc7)cc6)cccc5c34)N=C(n3c4ccccc4c4ccccc43)N2)cc1. The van der Waals surface area contributed by atoms with Gasteiger partial charge in [0.15, 0.2) is 6.17 Å². The van der Waals surface area contributed by atoms with Crippen molar-refractivity contribution in [2.45, 2.75) is 6.17 Å². The van der Waals surface area contributed by atoms with Gasteiger partial charge in [0, 0.05) is 38.2 Å². The van der Waals surface area contributed by atoms with E-state index in [4.69, 9.17) is 14.4 Å². The summed E-state index contributed by atoms with van der Waals surface area (Å²) in [5.74, 6) is 1.50. The predicted molar refractivity (Wildman–Crippen MR) is 206 cm³/mol. The molecule has 0 aliphatic carbocycles. The average molecular weight is 643 g/mol. The minimum Gasteiger partial charge on any atom is -0.455 e. The first-order valence-electron chi connectivity index (χ1n) is 16.9. The Morgan fingerprint density at radius 3 is 1.78 bits per heavy atom. The van der Waals surface area contributed by atoms with Gasteiger partial charge in [0.25, 0.3) is 0 Å². The van der Waals surface area contributed by atoms with Crippen LogP contribution < -0.4 is 5.32 Å². The molecule has 0 radical (unpaired) electrons. The van der Waals surface area contributed by atoms with E-state index in [-0.39, 0.29) is 0 Å². The third-order valence-corrected chi connectivity index (χ3v) is 9.70. The molecule has 0 fully saturated rings. The first-order valence-corrected chi connectivity index (χ1v) is 16.9. The Balaban J connectivity index is 1.15. The highest BCUT2D eigenvalue weighted by Gasteiger charge is 2.26. The summed E-state index contributed by atoms with van der Waals surface area (Å²) in [6.07, 6.45) is -0.514. The zero-order valence-corrected chi connectivity index (χ0v) is 27.0. The Kier molecular flexibility index (Phi) is 6.49. The van der Waals surface area contributed by atoms with Gasteiger partial charge < -0.3 is 9.73 Å². The lowest BCUT2D eigenvalue weighted by atomic mass is 9.98. The second-order valence-electron chi connectivity index (χ2n) is 12.6. The highest BCUT2D eigenvalue weighted by molar-refractivity contribution is 6.19. The number of nitrogens with one attached hydrogen (secondary N) is 1. The smallest absolute Gasteiger partial charge is 0.211 e. The molecule has 1 atom stereocenters. The Labute approximate surface area is 288 Å². The Morgan fingerprint density at radius 1 is 0.480 bits per heavy atom. The van der Waals surface area contributed by atoms with Gasteiger partial charge in [0.2, 0.25) is 5.96 Å². The maximum absolute atomic E-state index is 6.69. The van der Waals surface area contributed by atoms with E-state index in [9.17, 15) is 0 Å². The van der Waals surface area contributed by atoms with E-state index in [1.165, 1.54) is 21.9 Å². The lowest BCUT2D eigenvalue weighted by Gasteiger charge is -2.24. The van der Waals surface area contributed by atoms with E-state index in [0.29, 0.717) is 0 Å². The van der Waals surface area contributed by atoms with Crippen molar-refractivity contribution in [3.8, 4) is 22.3 Å². The summed E-state index contributed by atoms with van der Waals surface area (Å²) in [6.45, 7) is 0. The molecule has 1 aliphatic rings.